The SMILES string of the molecule is CC(C)(C)OC(=O)NCCCCCCOc1[c]cccc1. The van der Waals surface area contributed by atoms with Crippen LogP contribution in [0.1, 0.15) is 46.5 Å². The third kappa shape index (κ3) is 9.77. The van der Waals surface area contributed by atoms with Gasteiger partial charge in [0.2, 0.25) is 0 Å². The van der Waals surface area contributed by atoms with Gasteiger partial charge in [-0.2, -0.15) is 0 Å². The van der Waals surface area contributed by atoms with Gasteiger partial charge in [0.15, 0.2) is 0 Å². The van der Waals surface area contributed by atoms with E-state index < -0.39 is 5.60 Å². The van der Waals surface area contributed by atoms with E-state index in [4.69, 9.17) is 9.47 Å². The van der Waals surface area contributed by atoms with Crippen molar-refractivity contribution in [3.05, 3.63) is 30.3 Å². The molecule has 117 valence electrons. The summed E-state index contributed by atoms with van der Waals surface area (Å²) in [5, 5.41) is 2.76. The number of benzene rings is 1. The van der Waals surface area contributed by atoms with Crippen molar-refractivity contribution in [2.75, 3.05) is 13.2 Å². The van der Waals surface area contributed by atoms with E-state index in [0.717, 1.165) is 31.4 Å². The minimum absolute atomic E-state index is 0.342. The molecule has 1 radical (unpaired) electrons. The van der Waals surface area contributed by atoms with Gasteiger partial charge in [-0.25, -0.2) is 4.79 Å². The summed E-state index contributed by atoms with van der Waals surface area (Å²) >= 11 is 0. The molecule has 0 saturated heterocycles. The van der Waals surface area contributed by atoms with Gasteiger partial charge in [-0.3, -0.25) is 0 Å². The summed E-state index contributed by atoms with van der Waals surface area (Å²) in [5.41, 5.74) is -0.435. The highest BCUT2D eigenvalue weighted by atomic mass is 16.6. The maximum absolute atomic E-state index is 11.4. The first kappa shape index (κ1) is 17.3. The van der Waals surface area contributed by atoms with Gasteiger partial charge >= 0.3 is 6.09 Å². The molecule has 1 aromatic rings. The molecule has 0 atom stereocenters. The van der Waals surface area contributed by atoms with Crippen LogP contribution in [0.25, 0.3) is 0 Å². The highest BCUT2D eigenvalue weighted by Gasteiger charge is 2.15. The van der Waals surface area contributed by atoms with Gasteiger partial charge in [-0.1, -0.05) is 31.0 Å². The Morgan fingerprint density at radius 3 is 2.62 bits per heavy atom. The molecule has 4 heteroatoms. The van der Waals surface area contributed by atoms with Crippen LogP contribution in [0.5, 0.6) is 5.75 Å². The molecule has 21 heavy (non-hydrogen) atoms. The third-order valence-corrected chi connectivity index (χ3v) is 2.68. The second kappa shape index (κ2) is 9.27. The van der Waals surface area contributed by atoms with E-state index in [1.165, 1.54) is 0 Å². The molecule has 1 N–H and O–H groups in total. The molecular formula is C17H26NO3. The van der Waals surface area contributed by atoms with Crippen LogP contribution in [-0.4, -0.2) is 24.8 Å². The molecule has 1 rings (SSSR count). The molecule has 0 aliphatic heterocycles. The summed E-state index contributed by atoms with van der Waals surface area (Å²) < 4.78 is 10.7. The Balaban J connectivity index is 1.92. The first-order chi connectivity index (χ1) is 9.97. The summed E-state index contributed by atoms with van der Waals surface area (Å²) in [5.74, 6) is 0.795. The maximum atomic E-state index is 11.4. The fourth-order valence-corrected chi connectivity index (χ4v) is 1.73. The summed E-state index contributed by atoms with van der Waals surface area (Å²) in [6, 6.07) is 10.6. The van der Waals surface area contributed by atoms with E-state index in [1.54, 1.807) is 0 Å². The first-order valence-corrected chi connectivity index (χ1v) is 7.54. The average molecular weight is 292 g/mol. The normalized spacial score (nSPS) is 11.0. The molecule has 0 spiro atoms. The van der Waals surface area contributed by atoms with E-state index in [9.17, 15) is 4.79 Å². The molecule has 4 nitrogen and oxygen atoms in total. The number of alkyl carbamates (subject to hydrolysis) is 1. The van der Waals surface area contributed by atoms with E-state index in [1.807, 2.05) is 45.0 Å². The van der Waals surface area contributed by atoms with Crippen molar-refractivity contribution in [3.8, 4) is 5.75 Å². The van der Waals surface area contributed by atoms with Gasteiger partial charge in [-0.15, -0.1) is 0 Å². The number of unbranched alkanes of at least 4 members (excludes halogenated alkanes) is 3. The number of rotatable bonds is 8. The number of hydrogen-bond donors (Lipinski definition) is 1. The number of hydrogen-bond acceptors (Lipinski definition) is 3. The van der Waals surface area contributed by atoms with Crippen molar-refractivity contribution in [1.82, 2.24) is 5.32 Å². The van der Waals surface area contributed by atoms with Crippen molar-refractivity contribution in [3.63, 3.8) is 0 Å². The van der Waals surface area contributed by atoms with Crippen LogP contribution in [-0.2, 0) is 4.74 Å². The minimum Gasteiger partial charge on any atom is -0.493 e. The molecule has 0 unspecified atom stereocenters. The maximum Gasteiger partial charge on any atom is 0.407 e. The zero-order valence-corrected chi connectivity index (χ0v) is 13.3. The number of para-hydroxylation sites is 1. The van der Waals surface area contributed by atoms with Crippen molar-refractivity contribution in [2.24, 2.45) is 0 Å². The number of ether oxygens (including phenoxy) is 2. The lowest BCUT2D eigenvalue weighted by Crippen LogP contribution is -2.32. The van der Waals surface area contributed by atoms with Gasteiger partial charge in [0.1, 0.15) is 11.4 Å². The molecule has 0 fully saturated rings. The predicted octanol–water partition coefficient (Wildman–Crippen LogP) is 3.95. The molecule has 0 bridgehead atoms. The van der Waals surface area contributed by atoms with Gasteiger partial charge < -0.3 is 14.8 Å². The van der Waals surface area contributed by atoms with Crippen LogP contribution >= 0.6 is 0 Å². The van der Waals surface area contributed by atoms with Gasteiger partial charge in [0.05, 0.1) is 6.61 Å². The van der Waals surface area contributed by atoms with Crippen molar-refractivity contribution in [1.29, 1.82) is 0 Å². The largest absolute Gasteiger partial charge is 0.493 e. The highest BCUT2D eigenvalue weighted by molar-refractivity contribution is 5.67. The standard InChI is InChI=1S/C17H26NO3/c1-17(2,3)21-16(19)18-13-9-4-5-10-14-20-15-11-7-6-8-12-15/h6-8,11H,4-5,9-10,13-14H2,1-3H3,(H,18,19). The number of nitrogens with one attached hydrogen (secondary N) is 1. The zero-order chi connectivity index (χ0) is 15.6. The van der Waals surface area contributed by atoms with Gasteiger partial charge in [0, 0.05) is 12.6 Å². The smallest absolute Gasteiger partial charge is 0.407 e. The van der Waals surface area contributed by atoms with Crippen LogP contribution in [0.2, 0.25) is 0 Å². The van der Waals surface area contributed by atoms with Crippen LogP contribution in [0.4, 0.5) is 4.79 Å². The Kier molecular flexibility index (Phi) is 7.65. The Morgan fingerprint density at radius 1 is 1.19 bits per heavy atom. The van der Waals surface area contributed by atoms with Crippen molar-refractivity contribution < 1.29 is 14.3 Å². The van der Waals surface area contributed by atoms with Crippen LogP contribution in [0.3, 0.4) is 0 Å². The molecule has 0 aliphatic rings. The second-order valence-electron chi connectivity index (χ2n) is 5.92. The Bertz CT molecular complexity index is 398. The molecular weight excluding hydrogens is 266 g/mol. The van der Waals surface area contributed by atoms with Crippen LogP contribution in [0.15, 0.2) is 24.3 Å². The lowest BCUT2D eigenvalue weighted by atomic mass is 10.2. The Morgan fingerprint density at radius 2 is 1.95 bits per heavy atom. The van der Waals surface area contributed by atoms with Crippen molar-refractivity contribution in [2.45, 2.75) is 52.1 Å². The molecule has 0 aliphatic carbocycles. The van der Waals surface area contributed by atoms with E-state index >= 15 is 0 Å². The minimum atomic E-state index is -0.435. The van der Waals surface area contributed by atoms with Crippen molar-refractivity contribution >= 4 is 6.09 Å². The van der Waals surface area contributed by atoms with Gasteiger partial charge in [0.25, 0.3) is 0 Å². The zero-order valence-electron chi connectivity index (χ0n) is 13.3. The monoisotopic (exact) mass is 292 g/mol. The highest BCUT2D eigenvalue weighted by Crippen LogP contribution is 2.09. The van der Waals surface area contributed by atoms with Crippen LogP contribution < -0.4 is 10.1 Å². The number of amides is 1. The molecule has 0 saturated carbocycles. The Labute approximate surface area is 127 Å². The quantitative estimate of drug-likeness (QED) is 0.738. The third-order valence-electron chi connectivity index (χ3n) is 2.68. The molecule has 0 heterocycles. The van der Waals surface area contributed by atoms with E-state index in [2.05, 4.69) is 11.4 Å². The van der Waals surface area contributed by atoms with Gasteiger partial charge in [-0.05, 0) is 39.7 Å². The molecule has 1 amide bonds. The lowest BCUT2D eigenvalue weighted by molar-refractivity contribution is 0.0527. The fraction of sp³-hybridized carbons (Fsp3) is 0.588. The summed E-state index contributed by atoms with van der Waals surface area (Å²) in [6.07, 6.45) is 3.78. The molecule has 1 aromatic carbocycles. The van der Waals surface area contributed by atoms with E-state index in [0.29, 0.717) is 13.2 Å². The summed E-state index contributed by atoms with van der Waals surface area (Å²) in [6.45, 7) is 6.94. The van der Waals surface area contributed by atoms with Crippen LogP contribution in [0, 0.1) is 6.07 Å². The van der Waals surface area contributed by atoms with E-state index in [-0.39, 0.29) is 6.09 Å². The second-order valence-corrected chi connectivity index (χ2v) is 5.92. The Hall–Kier alpha value is -1.71. The fourth-order valence-electron chi connectivity index (χ4n) is 1.73. The topological polar surface area (TPSA) is 47.6 Å². The molecule has 0 aromatic heterocycles. The summed E-state index contributed by atoms with van der Waals surface area (Å²) in [7, 11) is 0. The lowest BCUT2D eigenvalue weighted by Gasteiger charge is -2.19. The average Bonchev–Trinajstić information content (AvgIpc) is 2.41. The number of carbonyl (C=O) groups is 1. The first-order valence-electron chi connectivity index (χ1n) is 7.54. The number of carbonyl (C=O) groups excluding carboxylic acids is 1. The summed E-state index contributed by atoms with van der Waals surface area (Å²) in [4.78, 5) is 11.4. The predicted molar refractivity (Wildman–Crippen MR) is 83.5 cm³/mol.